The monoisotopic (exact) mass is 234 g/mol. The van der Waals surface area contributed by atoms with Crippen molar-refractivity contribution in [3.63, 3.8) is 0 Å². The van der Waals surface area contributed by atoms with E-state index in [4.69, 9.17) is 11.6 Å². The third-order valence-electron chi connectivity index (χ3n) is 2.27. The van der Waals surface area contributed by atoms with Crippen LogP contribution in [0.15, 0.2) is 31.0 Å². The minimum atomic E-state index is -0.0612. The van der Waals surface area contributed by atoms with E-state index in [1.807, 2.05) is 25.1 Å². The summed E-state index contributed by atoms with van der Waals surface area (Å²) in [7, 11) is 0. The summed E-state index contributed by atoms with van der Waals surface area (Å²) in [5, 5.41) is 16.7. The predicted octanol–water partition coefficient (Wildman–Crippen LogP) is 3.57. The number of aliphatic hydroxyl groups excluding tert-OH is 1. The van der Waals surface area contributed by atoms with Gasteiger partial charge in [-0.1, -0.05) is 24.2 Å². The summed E-state index contributed by atoms with van der Waals surface area (Å²) in [5.41, 5.74) is 3.20. The first-order valence-corrected chi connectivity index (χ1v) is 5.15. The lowest BCUT2D eigenvalue weighted by Gasteiger charge is -2.03. The van der Waals surface area contributed by atoms with Crippen molar-refractivity contribution in [2.75, 3.05) is 0 Å². The number of nitrogens with one attached hydrogen (secondary N) is 1. The highest BCUT2D eigenvalue weighted by atomic mass is 35.5. The molecule has 16 heavy (non-hydrogen) atoms. The predicted molar refractivity (Wildman–Crippen MR) is 65.4 cm³/mol. The zero-order chi connectivity index (χ0) is 11.7. The van der Waals surface area contributed by atoms with Crippen LogP contribution in [0.3, 0.4) is 0 Å². The van der Waals surface area contributed by atoms with Crippen LogP contribution in [0.5, 0.6) is 0 Å². The van der Waals surface area contributed by atoms with Crippen molar-refractivity contribution in [1.29, 1.82) is 0 Å². The van der Waals surface area contributed by atoms with Gasteiger partial charge in [-0.15, -0.1) is 0 Å². The van der Waals surface area contributed by atoms with Crippen LogP contribution in [0.25, 0.3) is 16.9 Å². The lowest BCUT2D eigenvalue weighted by atomic mass is 10.0. The molecule has 0 atom stereocenters. The number of rotatable bonds is 2. The number of aryl methyl sites for hydroxylation is 1. The SMILES string of the molecule is C=C(O)c1n[nH]cc1-c1cc(C)cc(Cl)c1. The van der Waals surface area contributed by atoms with Gasteiger partial charge < -0.3 is 5.11 Å². The van der Waals surface area contributed by atoms with Crippen molar-refractivity contribution < 1.29 is 5.11 Å². The second kappa shape index (κ2) is 4.02. The van der Waals surface area contributed by atoms with Crippen LogP contribution in [-0.4, -0.2) is 15.3 Å². The van der Waals surface area contributed by atoms with Crippen molar-refractivity contribution in [3.8, 4) is 11.1 Å². The van der Waals surface area contributed by atoms with Crippen LogP contribution >= 0.6 is 11.6 Å². The molecule has 2 aromatic rings. The Balaban J connectivity index is 2.58. The van der Waals surface area contributed by atoms with Crippen molar-refractivity contribution >= 4 is 17.4 Å². The van der Waals surface area contributed by atoms with Crippen molar-refractivity contribution in [2.45, 2.75) is 6.92 Å². The van der Waals surface area contributed by atoms with E-state index in [-0.39, 0.29) is 5.76 Å². The fourth-order valence-corrected chi connectivity index (χ4v) is 1.91. The molecular formula is C12H11ClN2O. The quantitative estimate of drug-likeness (QED) is 0.781. The summed E-state index contributed by atoms with van der Waals surface area (Å²) in [5.74, 6) is -0.0612. The molecule has 0 saturated heterocycles. The first-order chi connectivity index (χ1) is 7.58. The molecule has 0 saturated carbocycles. The molecule has 1 aromatic heterocycles. The van der Waals surface area contributed by atoms with Gasteiger partial charge in [0, 0.05) is 16.8 Å². The van der Waals surface area contributed by atoms with Crippen molar-refractivity contribution in [2.24, 2.45) is 0 Å². The fourth-order valence-electron chi connectivity index (χ4n) is 1.62. The molecule has 0 aliphatic heterocycles. The van der Waals surface area contributed by atoms with Crippen LogP contribution in [0.1, 0.15) is 11.3 Å². The maximum Gasteiger partial charge on any atom is 0.136 e. The number of H-pyrrole nitrogens is 1. The normalized spacial score (nSPS) is 10.4. The average molecular weight is 235 g/mol. The van der Waals surface area contributed by atoms with E-state index in [2.05, 4.69) is 16.8 Å². The van der Waals surface area contributed by atoms with Crippen LogP contribution < -0.4 is 0 Å². The molecule has 2 N–H and O–H groups in total. The molecule has 1 aromatic carbocycles. The molecule has 82 valence electrons. The largest absolute Gasteiger partial charge is 0.506 e. The van der Waals surface area contributed by atoms with E-state index in [0.717, 1.165) is 16.7 Å². The minimum Gasteiger partial charge on any atom is -0.506 e. The summed E-state index contributed by atoms with van der Waals surface area (Å²) in [6.45, 7) is 5.43. The highest BCUT2D eigenvalue weighted by Crippen LogP contribution is 2.28. The number of hydrogen-bond acceptors (Lipinski definition) is 2. The molecule has 4 heteroatoms. The molecule has 0 bridgehead atoms. The van der Waals surface area contributed by atoms with Gasteiger partial charge >= 0.3 is 0 Å². The minimum absolute atomic E-state index is 0.0612. The molecule has 0 unspecified atom stereocenters. The van der Waals surface area contributed by atoms with Crippen molar-refractivity contribution in [1.82, 2.24) is 10.2 Å². The number of halogens is 1. The molecule has 0 aliphatic rings. The number of hydrogen-bond donors (Lipinski definition) is 2. The second-order valence-corrected chi connectivity index (χ2v) is 4.05. The highest BCUT2D eigenvalue weighted by molar-refractivity contribution is 6.31. The second-order valence-electron chi connectivity index (χ2n) is 3.61. The molecule has 3 nitrogen and oxygen atoms in total. The maximum absolute atomic E-state index is 9.38. The summed E-state index contributed by atoms with van der Waals surface area (Å²) in [6, 6.07) is 5.67. The zero-order valence-electron chi connectivity index (χ0n) is 8.79. The number of aromatic nitrogens is 2. The zero-order valence-corrected chi connectivity index (χ0v) is 9.54. The Morgan fingerprint density at radius 1 is 1.44 bits per heavy atom. The first-order valence-electron chi connectivity index (χ1n) is 4.77. The Labute approximate surface area is 98.4 Å². The molecule has 0 radical (unpaired) electrons. The van der Waals surface area contributed by atoms with E-state index in [1.54, 1.807) is 6.20 Å². The Morgan fingerprint density at radius 3 is 2.81 bits per heavy atom. The Bertz CT molecular complexity index is 525. The number of nitrogens with zero attached hydrogens (tertiary/aromatic N) is 1. The van der Waals surface area contributed by atoms with Gasteiger partial charge in [0.25, 0.3) is 0 Å². The molecule has 1 heterocycles. The first kappa shape index (κ1) is 10.8. The van der Waals surface area contributed by atoms with Gasteiger partial charge in [-0.25, -0.2) is 0 Å². The van der Waals surface area contributed by atoms with E-state index >= 15 is 0 Å². The van der Waals surface area contributed by atoms with E-state index in [9.17, 15) is 5.11 Å². The Kier molecular flexibility index (Phi) is 2.71. The average Bonchev–Trinajstić information content (AvgIpc) is 2.63. The summed E-state index contributed by atoms with van der Waals surface area (Å²) in [6.07, 6.45) is 1.71. The molecule has 0 spiro atoms. The number of aliphatic hydroxyl groups is 1. The smallest absolute Gasteiger partial charge is 0.136 e. The van der Waals surface area contributed by atoms with Crippen molar-refractivity contribution in [3.05, 3.63) is 47.3 Å². The molecular weight excluding hydrogens is 224 g/mol. The lowest BCUT2D eigenvalue weighted by Crippen LogP contribution is -1.86. The summed E-state index contributed by atoms with van der Waals surface area (Å²) in [4.78, 5) is 0. The Morgan fingerprint density at radius 2 is 2.19 bits per heavy atom. The molecule has 0 fully saturated rings. The third kappa shape index (κ3) is 1.95. The molecule has 0 aliphatic carbocycles. The van der Waals surface area contributed by atoms with Crippen LogP contribution in [0.4, 0.5) is 0 Å². The van der Waals surface area contributed by atoms with Crippen LogP contribution in [-0.2, 0) is 0 Å². The standard InChI is InChI=1S/C12H11ClN2O/c1-7-3-9(5-10(13)4-7)11-6-14-15-12(11)8(2)16/h3-6,16H,2H2,1H3,(H,14,15). The fraction of sp³-hybridized carbons (Fsp3) is 0.0833. The third-order valence-corrected chi connectivity index (χ3v) is 2.49. The topological polar surface area (TPSA) is 48.9 Å². The van der Waals surface area contributed by atoms with Gasteiger partial charge in [-0.3, -0.25) is 5.10 Å². The maximum atomic E-state index is 9.38. The molecule has 0 amide bonds. The van der Waals surface area contributed by atoms with Gasteiger partial charge in [0.05, 0.1) is 0 Å². The van der Waals surface area contributed by atoms with Gasteiger partial charge in [0.1, 0.15) is 11.5 Å². The van der Waals surface area contributed by atoms with Crippen LogP contribution in [0.2, 0.25) is 5.02 Å². The van der Waals surface area contributed by atoms with E-state index < -0.39 is 0 Å². The summed E-state index contributed by atoms with van der Waals surface area (Å²) < 4.78 is 0. The van der Waals surface area contributed by atoms with Crippen LogP contribution in [0, 0.1) is 6.92 Å². The number of aromatic amines is 1. The lowest BCUT2D eigenvalue weighted by molar-refractivity contribution is 0.510. The number of benzene rings is 1. The van der Waals surface area contributed by atoms with Gasteiger partial charge in [0.2, 0.25) is 0 Å². The molecule has 2 rings (SSSR count). The highest BCUT2D eigenvalue weighted by Gasteiger charge is 2.11. The van der Waals surface area contributed by atoms with Gasteiger partial charge in [-0.2, -0.15) is 5.10 Å². The van der Waals surface area contributed by atoms with Gasteiger partial charge in [0.15, 0.2) is 0 Å². The summed E-state index contributed by atoms with van der Waals surface area (Å²) >= 11 is 5.98. The Hall–Kier alpha value is -1.74. The van der Waals surface area contributed by atoms with Gasteiger partial charge in [-0.05, 0) is 30.2 Å². The van der Waals surface area contributed by atoms with E-state index in [1.165, 1.54) is 0 Å². The van der Waals surface area contributed by atoms with E-state index in [0.29, 0.717) is 10.7 Å².